The second-order valence-electron chi connectivity index (χ2n) is 4.21. The third-order valence-electron chi connectivity index (χ3n) is 2.73. The van der Waals surface area contributed by atoms with Crippen molar-refractivity contribution in [2.45, 2.75) is 6.42 Å². The number of hydrogen-bond donors (Lipinski definition) is 0. The van der Waals surface area contributed by atoms with E-state index in [-0.39, 0.29) is 6.61 Å². The first-order valence-corrected chi connectivity index (χ1v) is 5.98. The first-order valence-electron chi connectivity index (χ1n) is 5.98. The zero-order valence-electron chi connectivity index (χ0n) is 10.4. The van der Waals surface area contributed by atoms with Crippen molar-refractivity contribution in [3.8, 4) is 5.75 Å². The lowest BCUT2D eigenvalue weighted by Gasteiger charge is -2.19. The summed E-state index contributed by atoms with van der Waals surface area (Å²) in [5.74, 6) is -1.22. The molecule has 2 nitrogen and oxygen atoms in total. The number of halogens is 4. The molecule has 0 bridgehead atoms. The van der Waals surface area contributed by atoms with Crippen LogP contribution in [0.4, 0.5) is 17.3 Å². The monoisotopic (exact) mass is 284 g/mol. The van der Waals surface area contributed by atoms with Gasteiger partial charge in [-0.1, -0.05) is 11.5 Å². The standard InChI is InChI=1S/C13H11BF4NO/c15-11-1-2-12(14(16,17)18)13(9-11)20-8-5-10-3-6-19-7-4-10/h1-4,6-7,9H,5,8H2/q-1. The first kappa shape index (κ1) is 14.4. The lowest BCUT2D eigenvalue weighted by atomic mass is 9.79. The molecule has 0 fully saturated rings. The summed E-state index contributed by atoms with van der Waals surface area (Å²) in [4.78, 5) is 3.83. The molecule has 0 radical (unpaired) electrons. The van der Waals surface area contributed by atoms with Crippen LogP contribution >= 0.6 is 0 Å². The Morgan fingerprint density at radius 2 is 1.75 bits per heavy atom. The molecule has 0 aliphatic carbocycles. The summed E-state index contributed by atoms with van der Waals surface area (Å²) in [5, 5.41) is 0. The lowest BCUT2D eigenvalue weighted by molar-refractivity contribution is 0.321. The lowest BCUT2D eigenvalue weighted by Crippen LogP contribution is -2.35. The van der Waals surface area contributed by atoms with Crippen LogP contribution in [0.5, 0.6) is 5.75 Å². The van der Waals surface area contributed by atoms with E-state index in [0.717, 1.165) is 17.7 Å². The van der Waals surface area contributed by atoms with Crippen molar-refractivity contribution >= 4 is 12.4 Å². The Bertz CT molecular complexity index is 574. The molecule has 0 amide bonds. The average Bonchev–Trinajstić information content (AvgIpc) is 2.38. The zero-order valence-corrected chi connectivity index (χ0v) is 10.4. The van der Waals surface area contributed by atoms with E-state index < -0.39 is 24.0 Å². The fourth-order valence-electron chi connectivity index (χ4n) is 1.73. The van der Waals surface area contributed by atoms with Crippen molar-refractivity contribution in [3.63, 3.8) is 0 Å². The van der Waals surface area contributed by atoms with Crippen molar-refractivity contribution in [1.82, 2.24) is 4.98 Å². The highest BCUT2D eigenvalue weighted by Gasteiger charge is 2.29. The summed E-state index contributed by atoms with van der Waals surface area (Å²) in [6, 6.07) is 5.72. The summed E-state index contributed by atoms with van der Waals surface area (Å²) in [6.45, 7) is -5.19. The largest absolute Gasteiger partial charge is 0.513 e. The van der Waals surface area contributed by atoms with Crippen LogP contribution < -0.4 is 10.2 Å². The second kappa shape index (κ2) is 5.94. The maximum absolute atomic E-state index is 13.0. The maximum atomic E-state index is 13.0. The molecule has 0 aliphatic rings. The average molecular weight is 284 g/mol. The van der Waals surface area contributed by atoms with Crippen LogP contribution in [0.1, 0.15) is 5.56 Å². The highest BCUT2D eigenvalue weighted by atomic mass is 19.4. The number of aromatic nitrogens is 1. The van der Waals surface area contributed by atoms with Crippen LogP contribution in [0.3, 0.4) is 0 Å². The van der Waals surface area contributed by atoms with Crippen LogP contribution in [-0.4, -0.2) is 18.6 Å². The highest BCUT2D eigenvalue weighted by Crippen LogP contribution is 2.19. The molecule has 20 heavy (non-hydrogen) atoms. The van der Waals surface area contributed by atoms with E-state index in [1.807, 2.05) is 0 Å². The van der Waals surface area contributed by atoms with Gasteiger partial charge in [-0.2, -0.15) is 0 Å². The van der Waals surface area contributed by atoms with Crippen LogP contribution in [-0.2, 0) is 6.42 Å². The Morgan fingerprint density at radius 1 is 1.05 bits per heavy atom. The fraction of sp³-hybridized carbons (Fsp3) is 0.154. The molecule has 0 saturated heterocycles. The Kier molecular flexibility index (Phi) is 4.27. The van der Waals surface area contributed by atoms with Gasteiger partial charge in [-0.15, -0.1) is 0 Å². The van der Waals surface area contributed by atoms with E-state index >= 15 is 0 Å². The van der Waals surface area contributed by atoms with Crippen molar-refractivity contribution in [1.29, 1.82) is 0 Å². The zero-order chi connectivity index (χ0) is 14.6. The number of benzene rings is 1. The predicted octanol–water partition coefficient (Wildman–Crippen LogP) is 2.90. The molecule has 1 aromatic carbocycles. The minimum atomic E-state index is -5.23. The van der Waals surface area contributed by atoms with Crippen molar-refractivity contribution in [2.24, 2.45) is 0 Å². The Balaban J connectivity index is 2.07. The molecular weight excluding hydrogens is 273 g/mol. The first-order chi connectivity index (χ1) is 9.47. The van der Waals surface area contributed by atoms with Gasteiger partial charge in [-0.25, -0.2) is 4.39 Å². The molecule has 0 unspecified atom stereocenters. The van der Waals surface area contributed by atoms with Gasteiger partial charge in [0.15, 0.2) is 0 Å². The Hall–Kier alpha value is -2.05. The van der Waals surface area contributed by atoms with E-state index in [1.54, 1.807) is 24.5 Å². The molecule has 1 aromatic heterocycles. The molecular formula is C13H11BF4NO-. The summed E-state index contributed by atoms with van der Waals surface area (Å²) in [5.41, 5.74) is -0.0309. The molecule has 7 heteroatoms. The molecule has 0 spiro atoms. The third kappa shape index (κ3) is 3.72. The Labute approximate surface area is 113 Å². The van der Waals surface area contributed by atoms with E-state index in [4.69, 9.17) is 4.74 Å². The highest BCUT2D eigenvalue weighted by molar-refractivity contribution is 6.74. The van der Waals surface area contributed by atoms with Gasteiger partial charge in [0.05, 0.1) is 12.4 Å². The molecule has 0 atom stereocenters. The van der Waals surface area contributed by atoms with Gasteiger partial charge < -0.3 is 17.7 Å². The van der Waals surface area contributed by atoms with Crippen LogP contribution in [0.15, 0.2) is 42.7 Å². The molecule has 2 rings (SSSR count). The van der Waals surface area contributed by atoms with E-state index in [9.17, 15) is 17.3 Å². The molecule has 106 valence electrons. The summed E-state index contributed by atoms with van der Waals surface area (Å²) in [7, 11) is 0. The van der Waals surface area contributed by atoms with Crippen LogP contribution in [0.2, 0.25) is 0 Å². The van der Waals surface area contributed by atoms with Crippen molar-refractivity contribution in [2.75, 3.05) is 6.61 Å². The normalized spacial score (nSPS) is 11.4. The number of hydrogen-bond acceptors (Lipinski definition) is 2. The molecule has 2 aromatic rings. The number of ether oxygens (including phenoxy) is 1. The number of rotatable bonds is 5. The quantitative estimate of drug-likeness (QED) is 0.622. The second-order valence-corrected chi connectivity index (χ2v) is 4.21. The van der Waals surface area contributed by atoms with Crippen molar-refractivity contribution in [3.05, 3.63) is 54.1 Å². The fourth-order valence-corrected chi connectivity index (χ4v) is 1.73. The number of pyridine rings is 1. The van der Waals surface area contributed by atoms with Crippen molar-refractivity contribution < 1.29 is 22.1 Å². The van der Waals surface area contributed by atoms with Crippen LogP contribution in [0.25, 0.3) is 0 Å². The maximum Gasteiger partial charge on any atom is 0.513 e. The van der Waals surface area contributed by atoms with Gasteiger partial charge >= 0.3 is 6.98 Å². The molecule has 0 aliphatic heterocycles. The van der Waals surface area contributed by atoms with Gasteiger partial charge in [0.2, 0.25) is 0 Å². The minimum Gasteiger partial charge on any atom is -0.496 e. The van der Waals surface area contributed by atoms with Gasteiger partial charge in [-0.3, -0.25) is 4.98 Å². The van der Waals surface area contributed by atoms with E-state index in [0.29, 0.717) is 12.5 Å². The van der Waals surface area contributed by atoms with E-state index in [2.05, 4.69) is 4.98 Å². The summed E-state index contributed by atoms with van der Waals surface area (Å²) >= 11 is 0. The van der Waals surface area contributed by atoms with Gasteiger partial charge in [0.1, 0.15) is 5.82 Å². The smallest absolute Gasteiger partial charge is 0.496 e. The summed E-state index contributed by atoms with van der Waals surface area (Å²) in [6.07, 6.45) is 3.59. The molecule has 0 saturated carbocycles. The molecule has 0 N–H and O–H groups in total. The van der Waals surface area contributed by atoms with E-state index in [1.165, 1.54) is 0 Å². The van der Waals surface area contributed by atoms with Crippen LogP contribution in [0, 0.1) is 5.82 Å². The predicted molar refractivity (Wildman–Crippen MR) is 68.5 cm³/mol. The Morgan fingerprint density at radius 3 is 2.40 bits per heavy atom. The molecule has 1 heterocycles. The van der Waals surface area contributed by atoms with Gasteiger partial charge in [-0.05, 0) is 23.8 Å². The van der Waals surface area contributed by atoms with Gasteiger partial charge in [0, 0.05) is 24.9 Å². The minimum absolute atomic E-state index is 0.0344. The SMILES string of the molecule is Fc1ccc([B-](F)(F)F)c(OCCc2ccncc2)c1. The van der Waals surface area contributed by atoms with Gasteiger partial charge in [0.25, 0.3) is 0 Å². The summed E-state index contributed by atoms with van der Waals surface area (Å²) < 4.78 is 56.5. The third-order valence-corrected chi connectivity index (χ3v) is 2.73. The topological polar surface area (TPSA) is 22.1 Å². The number of nitrogens with zero attached hydrogens (tertiary/aromatic N) is 1.